The lowest BCUT2D eigenvalue weighted by atomic mass is 10.0. The van der Waals surface area contributed by atoms with Gasteiger partial charge in [0.2, 0.25) is 0 Å². The number of aromatic nitrogens is 2. The first-order valence-corrected chi connectivity index (χ1v) is 6.44. The quantitative estimate of drug-likeness (QED) is 0.773. The monoisotopic (exact) mass is 240 g/mol. The minimum Gasteiger partial charge on any atom is -0.306 e. The van der Waals surface area contributed by atoms with Gasteiger partial charge in [0, 0.05) is 11.9 Å². The van der Waals surface area contributed by atoms with Crippen molar-refractivity contribution in [1.82, 2.24) is 9.55 Å². The van der Waals surface area contributed by atoms with E-state index < -0.39 is 0 Å². The Balaban J connectivity index is 2.26. The van der Waals surface area contributed by atoms with Gasteiger partial charge in [-0.25, -0.2) is 4.98 Å². The van der Waals surface area contributed by atoms with Crippen molar-refractivity contribution in [2.45, 2.75) is 33.1 Å². The Kier molecular flexibility index (Phi) is 3.66. The summed E-state index contributed by atoms with van der Waals surface area (Å²) in [4.78, 5) is 4.38. The third kappa shape index (κ3) is 2.53. The van der Waals surface area contributed by atoms with Crippen LogP contribution in [-0.2, 0) is 0 Å². The first-order valence-electron chi connectivity index (χ1n) is 6.44. The van der Waals surface area contributed by atoms with Crippen molar-refractivity contribution in [2.24, 2.45) is 0 Å². The SMILES string of the molecule is C=C(CC)c1cn(-c2ccc(C(C)C)cc2)cn1. The third-order valence-electron chi connectivity index (χ3n) is 3.23. The summed E-state index contributed by atoms with van der Waals surface area (Å²) in [6.45, 7) is 10.5. The van der Waals surface area contributed by atoms with Gasteiger partial charge in [-0.05, 0) is 35.6 Å². The maximum atomic E-state index is 4.38. The molecule has 0 saturated heterocycles. The number of imidazole rings is 1. The number of rotatable bonds is 4. The Morgan fingerprint density at radius 2 is 1.94 bits per heavy atom. The molecule has 94 valence electrons. The lowest BCUT2D eigenvalue weighted by Gasteiger charge is -2.07. The molecule has 0 N–H and O–H groups in total. The molecule has 2 aromatic rings. The van der Waals surface area contributed by atoms with E-state index in [1.54, 1.807) is 0 Å². The van der Waals surface area contributed by atoms with E-state index in [4.69, 9.17) is 0 Å². The molecule has 0 unspecified atom stereocenters. The minimum atomic E-state index is 0.567. The molecule has 0 amide bonds. The number of hydrogen-bond acceptors (Lipinski definition) is 1. The predicted octanol–water partition coefficient (Wildman–Crippen LogP) is 4.42. The van der Waals surface area contributed by atoms with Gasteiger partial charge in [0.05, 0.1) is 12.0 Å². The van der Waals surface area contributed by atoms with E-state index in [1.807, 2.05) is 17.1 Å². The lowest BCUT2D eigenvalue weighted by Crippen LogP contribution is -1.92. The molecule has 2 rings (SSSR count). The normalized spacial score (nSPS) is 10.9. The molecule has 0 saturated carbocycles. The summed E-state index contributed by atoms with van der Waals surface area (Å²) in [7, 11) is 0. The van der Waals surface area contributed by atoms with Crippen molar-refractivity contribution in [3.8, 4) is 5.69 Å². The molecule has 0 radical (unpaired) electrons. The van der Waals surface area contributed by atoms with Crippen molar-refractivity contribution in [1.29, 1.82) is 0 Å². The van der Waals surface area contributed by atoms with E-state index >= 15 is 0 Å². The van der Waals surface area contributed by atoms with Crippen LogP contribution in [0.15, 0.2) is 43.4 Å². The van der Waals surface area contributed by atoms with Crippen LogP contribution in [0.1, 0.15) is 44.4 Å². The smallest absolute Gasteiger partial charge is 0.0999 e. The van der Waals surface area contributed by atoms with Crippen LogP contribution in [0.4, 0.5) is 0 Å². The fourth-order valence-corrected chi connectivity index (χ4v) is 1.86. The second-order valence-electron chi connectivity index (χ2n) is 4.87. The number of allylic oxidation sites excluding steroid dienone is 1. The number of nitrogens with zero attached hydrogens (tertiary/aromatic N) is 2. The molecule has 0 aliphatic heterocycles. The largest absolute Gasteiger partial charge is 0.306 e. The fourth-order valence-electron chi connectivity index (χ4n) is 1.86. The number of benzene rings is 1. The van der Waals surface area contributed by atoms with Crippen LogP contribution < -0.4 is 0 Å². The molecule has 0 aliphatic rings. The van der Waals surface area contributed by atoms with Gasteiger partial charge in [-0.1, -0.05) is 39.5 Å². The van der Waals surface area contributed by atoms with E-state index in [1.165, 1.54) is 5.56 Å². The van der Waals surface area contributed by atoms with E-state index in [2.05, 4.69) is 56.6 Å². The topological polar surface area (TPSA) is 17.8 Å². The van der Waals surface area contributed by atoms with E-state index in [0.29, 0.717) is 5.92 Å². The summed E-state index contributed by atoms with van der Waals surface area (Å²) in [5.41, 5.74) is 4.55. The summed E-state index contributed by atoms with van der Waals surface area (Å²) in [5, 5.41) is 0. The van der Waals surface area contributed by atoms with Crippen molar-refractivity contribution in [2.75, 3.05) is 0 Å². The van der Waals surface area contributed by atoms with Gasteiger partial charge in [0.25, 0.3) is 0 Å². The summed E-state index contributed by atoms with van der Waals surface area (Å²) < 4.78 is 2.04. The van der Waals surface area contributed by atoms with Crippen LogP contribution in [0, 0.1) is 0 Å². The molecular weight excluding hydrogens is 220 g/mol. The molecule has 0 bridgehead atoms. The molecule has 2 heteroatoms. The zero-order valence-corrected chi connectivity index (χ0v) is 11.4. The molecule has 0 fully saturated rings. The summed E-state index contributed by atoms with van der Waals surface area (Å²) in [6, 6.07) is 8.62. The zero-order chi connectivity index (χ0) is 13.1. The van der Waals surface area contributed by atoms with E-state index in [9.17, 15) is 0 Å². The van der Waals surface area contributed by atoms with Crippen molar-refractivity contribution in [3.63, 3.8) is 0 Å². The Morgan fingerprint density at radius 3 is 2.50 bits per heavy atom. The Morgan fingerprint density at radius 1 is 1.28 bits per heavy atom. The first kappa shape index (κ1) is 12.6. The van der Waals surface area contributed by atoms with Crippen molar-refractivity contribution in [3.05, 3.63) is 54.6 Å². The molecular formula is C16H20N2. The second-order valence-corrected chi connectivity index (χ2v) is 4.87. The standard InChI is InChI=1S/C16H20N2/c1-5-13(4)16-10-18(11-17-16)15-8-6-14(7-9-15)12(2)3/h6-12H,4-5H2,1-3H3. The van der Waals surface area contributed by atoms with Crippen LogP contribution in [0.5, 0.6) is 0 Å². The van der Waals surface area contributed by atoms with Gasteiger partial charge in [-0.15, -0.1) is 0 Å². The molecule has 1 aromatic heterocycles. The Hall–Kier alpha value is -1.83. The lowest BCUT2D eigenvalue weighted by molar-refractivity contribution is 0.865. The second kappa shape index (κ2) is 5.21. The fraction of sp³-hybridized carbons (Fsp3) is 0.312. The molecule has 0 atom stereocenters. The van der Waals surface area contributed by atoms with Crippen LogP contribution in [0.25, 0.3) is 11.3 Å². The van der Waals surface area contributed by atoms with Gasteiger partial charge < -0.3 is 4.57 Å². The van der Waals surface area contributed by atoms with Gasteiger partial charge >= 0.3 is 0 Å². The highest BCUT2D eigenvalue weighted by atomic mass is 15.0. The zero-order valence-electron chi connectivity index (χ0n) is 11.4. The molecule has 0 spiro atoms. The average molecular weight is 240 g/mol. The van der Waals surface area contributed by atoms with Crippen molar-refractivity contribution >= 4 is 5.57 Å². The maximum absolute atomic E-state index is 4.38. The van der Waals surface area contributed by atoms with Crippen LogP contribution in [-0.4, -0.2) is 9.55 Å². The van der Waals surface area contributed by atoms with Gasteiger partial charge in [-0.3, -0.25) is 0 Å². The molecule has 1 aromatic carbocycles. The molecule has 0 aliphatic carbocycles. The van der Waals surface area contributed by atoms with Crippen LogP contribution in [0.3, 0.4) is 0 Å². The van der Waals surface area contributed by atoms with E-state index in [0.717, 1.165) is 23.4 Å². The minimum absolute atomic E-state index is 0.567. The van der Waals surface area contributed by atoms with Gasteiger partial charge in [0.15, 0.2) is 0 Å². The van der Waals surface area contributed by atoms with Gasteiger partial charge in [0.1, 0.15) is 0 Å². The molecule has 1 heterocycles. The summed E-state index contributed by atoms with van der Waals surface area (Å²) in [6.07, 6.45) is 4.82. The molecule has 18 heavy (non-hydrogen) atoms. The Labute approximate surface area is 109 Å². The average Bonchev–Trinajstić information content (AvgIpc) is 2.87. The highest BCUT2D eigenvalue weighted by molar-refractivity contribution is 5.59. The van der Waals surface area contributed by atoms with Crippen LogP contribution in [0.2, 0.25) is 0 Å². The first-order chi connectivity index (χ1) is 8.61. The Bertz CT molecular complexity index is 532. The molecule has 2 nitrogen and oxygen atoms in total. The summed E-state index contributed by atoms with van der Waals surface area (Å²) >= 11 is 0. The third-order valence-corrected chi connectivity index (χ3v) is 3.23. The maximum Gasteiger partial charge on any atom is 0.0999 e. The summed E-state index contributed by atoms with van der Waals surface area (Å²) in [5.74, 6) is 0.567. The number of hydrogen-bond donors (Lipinski definition) is 0. The predicted molar refractivity (Wildman–Crippen MR) is 77.0 cm³/mol. The van der Waals surface area contributed by atoms with Gasteiger partial charge in [-0.2, -0.15) is 0 Å². The van der Waals surface area contributed by atoms with Crippen LogP contribution >= 0.6 is 0 Å². The van der Waals surface area contributed by atoms with Crippen molar-refractivity contribution < 1.29 is 0 Å². The highest BCUT2D eigenvalue weighted by Crippen LogP contribution is 2.19. The van der Waals surface area contributed by atoms with E-state index in [-0.39, 0.29) is 0 Å². The highest BCUT2D eigenvalue weighted by Gasteiger charge is 2.04.